The molecule has 4 rings (SSSR count). The van der Waals surface area contributed by atoms with Crippen molar-refractivity contribution in [3.63, 3.8) is 0 Å². The summed E-state index contributed by atoms with van der Waals surface area (Å²) in [5, 5.41) is 4.26. The molecule has 1 saturated heterocycles. The summed E-state index contributed by atoms with van der Waals surface area (Å²) in [5.74, 6) is 0.765. The smallest absolute Gasteiger partial charge is 0.245 e. The summed E-state index contributed by atoms with van der Waals surface area (Å²) in [5.41, 5.74) is 1.33. The average Bonchev–Trinajstić information content (AvgIpc) is 2.81. The van der Waals surface area contributed by atoms with Crippen molar-refractivity contribution in [2.45, 2.75) is 23.0 Å². The highest BCUT2D eigenvalue weighted by Crippen LogP contribution is 2.39. The molecule has 166 valence electrons. The number of amides is 1. The Morgan fingerprint density at radius 1 is 1.38 bits per heavy atom. The molecule has 0 spiro atoms. The zero-order valence-electron chi connectivity index (χ0n) is 17.5. The summed E-state index contributed by atoms with van der Waals surface area (Å²) in [6.07, 6.45) is 4.76. The highest BCUT2D eigenvalue weighted by molar-refractivity contribution is 8.00. The summed E-state index contributed by atoms with van der Waals surface area (Å²) in [7, 11) is 1.63. The molecule has 1 aliphatic rings. The van der Waals surface area contributed by atoms with Crippen LogP contribution in [0.2, 0.25) is 5.02 Å². The number of rotatable bonds is 6. The average molecular weight is 473 g/mol. The van der Waals surface area contributed by atoms with Crippen LogP contribution in [-0.4, -0.2) is 46.2 Å². The zero-order chi connectivity index (χ0) is 22.7. The number of carbonyl (C=O) groups is 1. The molecule has 1 amide bonds. The van der Waals surface area contributed by atoms with Gasteiger partial charge >= 0.3 is 0 Å². The predicted molar refractivity (Wildman–Crippen MR) is 126 cm³/mol. The largest absolute Gasteiger partial charge is 0.496 e. The van der Waals surface area contributed by atoms with E-state index >= 15 is 0 Å². The van der Waals surface area contributed by atoms with Crippen LogP contribution in [0.3, 0.4) is 0 Å². The summed E-state index contributed by atoms with van der Waals surface area (Å²) >= 11 is 7.59. The quantitative estimate of drug-likeness (QED) is 0.481. The van der Waals surface area contributed by atoms with Gasteiger partial charge in [0, 0.05) is 35.5 Å². The Kier molecular flexibility index (Phi) is 6.81. The van der Waals surface area contributed by atoms with Crippen LogP contribution >= 0.6 is 23.4 Å². The number of fused-ring (bicyclic) bond motifs is 1. The minimum Gasteiger partial charge on any atom is -0.496 e. The van der Waals surface area contributed by atoms with Crippen molar-refractivity contribution in [1.29, 1.82) is 0 Å². The topological polar surface area (TPSA) is 67.4 Å². The van der Waals surface area contributed by atoms with E-state index in [0.717, 1.165) is 29.7 Å². The highest BCUT2D eigenvalue weighted by atomic mass is 35.5. The molecule has 1 N–H and O–H groups in total. The van der Waals surface area contributed by atoms with E-state index in [-0.39, 0.29) is 16.2 Å². The maximum Gasteiger partial charge on any atom is 0.245 e. The highest BCUT2D eigenvalue weighted by Gasteiger charge is 2.24. The lowest BCUT2D eigenvalue weighted by molar-refractivity contribution is -0.126. The number of likely N-dealkylation sites (tertiary alicyclic amines) is 1. The van der Waals surface area contributed by atoms with Crippen LogP contribution in [0.25, 0.3) is 10.9 Å². The number of thioether (sulfide) groups is 1. The van der Waals surface area contributed by atoms with Gasteiger partial charge in [0.2, 0.25) is 5.91 Å². The zero-order valence-corrected chi connectivity index (χ0v) is 19.0. The first-order valence-electron chi connectivity index (χ1n) is 10.1. The summed E-state index contributed by atoms with van der Waals surface area (Å²) in [6, 6.07) is 8.27. The third-order valence-electron chi connectivity index (χ3n) is 5.26. The minimum absolute atomic E-state index is 0.0298. The van der Waals surface area contributed by atoms with Crippen LogP contribution < -0.4 is 10.1 Å². The van der Waals surface area contributed by atoms with Crippen molar-refractivity contribution < 1.29 is 13.9 Å². The molecule has 0 aliphatic carbocycles. The van der Waals surface area contributed by atoms with Gasteiger partial charge in [-0.05, 0) is 43.2 Å². The van der Waals surface area contributed by atoms with E-state index in [1.165, 1.54) is 24.5 Å². The van der Waals surface area contributed by atoms with Crippen LogP contribution in [0, 0.1) is 5.82 Å². The molecular formula is C23H22ClFN4O2S. The summed E-state index contributed by atoms with van der Waals surface area (Å²) < 4.78 is 19.1. The Labute approximate surface area is 194 Å². The molecular weight excluding hydrogens is 451 g/mol. The number of benzene rings is 2. The molecule has 1 unspecified atom stereocenters. The molecule has 1 aliphatic heterocycles. The molecule has 32 heavy (non-hydrogen) atoms. The SMILES string of the molecule is C=CC(=O)N1CCCC(Sc2cc3c(Nc4ccc(F)c(Cl)c4)ncnc3cc2OC)C1. The van der Waals surface area contributed by atoms with Crippen LogP contribution in [0.1, 0.15) is 12.8 Å². The molecule has 3 aromatic rings. The van der Waals surface area contributed by atoms with Crippen molar-refractivity contribution in [2.75, 3.05) is 25.5 Å². The van der Waals surface area contributed by atoms with Crippen molar-refractivity contribution in [3.8, 4) is 5.75 Å². The lowest BCUT2D eigenvalue weighted by Crippen LogP contribution is -2.40. The van der Waals surface area contributed by atoms with Gasteiger partial charge in [0.25, 0.3) is 0 Å². The van der Waals surface area contributed by atoms with Gasteiger partial charge in [0.05, 0.1) is 22.5 Å². The van der Waals surface area contributed by atoms with E-state index in [1.807, 2.05) is 17.0 Å². The number of methoxy groups -OCH3 is 1. The summed E-state index contributed by atoms with van der Waals surface area (Å²) in [4.78, 5) is 23.5. The first-order chi connectivity index (χ1) is 15.5. The van der Waals surface area contributed by atoms with E-state index < -0.39 is 5.82 Å². The van der Waals surface area contributed by atoms with Crippen LogP contribution in [-0.2, 0) is 4.79 Å². The standard InChI is InChI=1S/C23H22ClFN4O2S/c1-3-22(30)29-8-4-5-15(12-29)32-21-10-16-19(11-20(21)31-2)26-13-27-23(16)28-14-6-7-18(25)17(24)9-14/h3,6-7,9-11,13,15H,1,4-5,8,12H2,2H3,(H,26,27,28). The maximum atomic E-state index is 13.5. The van der Waals surface area contributed by atoms with Crippen LogP contribution in [0.5, 0.6) is 5.75 Å². The number of nitrogens with one attached hydrogen (secondary N) is 1. The normalized spacial score (nSPS) is 16.1. The molecule has 2 aromatic carbocycles. The van der Waals surface area contributed by atoms with Gasteiger partial charge in [-0.1, -0.05) is 18.2 Å². The molecule has 0 radical (unpaired) electrons. The Balaban J connectivity index is 1.65. The second-order valence-electron chi connectivity index (χ2n) is 7.37. The van der Waals surface area contributed by atoms with Crippen LogP contribution in [0.4, 0.5) is 15.9 Å². The number of ether oxygens (including phenoxy) is 1. The fourth-order valence-electron chi connectivity index (χ4n) is 3.67. The maximum absolute atomic E-state index is 13.5. The Hall–Kier alpha value is -2.84. The van der Waals surface area contributed by atoms with Crippen molar-refractivity contribution >= 4 is 51.7 Å². The van der Waals surface area contributed by atoms with E-state index in [4.69, 9.17) is 16.3 Å². The Morgan fingerprint density at radius 3 is 2.97 bits per heavy atom. The van der Waals surface area contributed by atoms with Gasteiger partial charge < -0.3 is 15.0 Å². The van der Waals surface area contributed by atoms with Crippen molar-refractivity contribution in [3.05, 3.63) is 60.2 Å². The lowest BCUT2D eigenvalue weighted by Gasteiger charge is -2.32. The fraction of sp³-hybridized carbons (Fsp3) is 0.261. The fourth-order valence-corrected chi connectivity index (χ4v) is 5.19. The first-order valence-corrected chi connectivity index (χ1v) is 11.4. The van der Waals surface area contributed by atoms with Crippen molar-refractivity contribution in [2.24, 2.45) is 0 Å². The number of piperidine rings is 1. The number of aromatic nitrogens is 2. The number of hydrogen-bond acceptors (Lipinski definition) is 6. The minimum atomic E-state index is -0.482. The number of nitrogens with zero attached hydrogens (tertiary/aromatic N) is 3. The first kappa shape index (κ1) is 22.4. The second kappa shape index (κ2) is 9.75. The number of halogens is 2. The van der Waals surface area contributed by atoms with E-state index in [0.29, 0.717) is 29.3 Å². The number of hydrogen-bond donors (Lipinski definition) is 1. The molecule has 1 fully saturated rings. The molecule has 1 atom stereocenters. The van der Waals surface area contributed by atoms with Gasteiger partial charge in [-0.15, -0.1) is 11.8 Å². The Bertz CT molecular complexity index is 1180. The number of anilines is 2. The van der Waals surface area contributed by atoms with E-state index in [1.54, 1.807) is 24.9 Å². The lowest BCUT2D eigenvalue weighted by atomic mass is 10.1. The molecule has 6 nitrogen and oxygen atoms in total. The molecule has 0 saturated carbocycles. The number of carbonyl (C=O) groups excluding carboxylic acids is 1. The molecule has 2 heterocycles. The molecule has 1 aromatic heterocycles. The third-order valence-corrected chi connectivity index (χ3v) is 6.84. The molecule has 0 bridgehead atoms. The van der Waals surface area contributed by atoms with Gasteiger partial charge in [-0.2, -0.15) is 0 Å². The summed E-state index contributed by atoms with van der Waals surface area (Å²) in [6.45, 7) is 5.00. The van der Waals surface area contributed by atoms with Gasteiger partial charge in [0.1, 0.15) is 23.7 Å². The van der Waals surface area contributed by atoms with Crippen molar-refractivity contribution in [1.82, 2.24) is 14.9 Å². The molecule has 9 heteroatoms. The van der Waals surface area contributed by atoms with Gasteiger partial charge in [0.15, 0.2) is 0 Å². The van der Waals surface area contributed by atoms with Crippen LogP contribution in [0.15, 0.2) is 54.2 Å². The second-order valence-corrected chi connectivity index (χ2v) is 9.12. The van der Waals surface area contributed by atoms with Gasteiger partial charge in [-0.3, -0.25) is 4.79 Å². The van der Waals surface area contributed by atoms with E-state index in [9.17, 15) is 9.18 Å². The third kappa shape index (κ3) is 4.81. The monoisotopic (exact) mass is 472 g/mol. The Morgan fingerprint density at radius 2 is 2.22 bits per heavy atom. The predicted octanol–water partition coefficient (Wildman–Crippen LogP) is 5.44. The van der Waals surface area contributed by atoms with E-state index in [2.05, 4.69) is 21.9 Å². The van der Waals surface area contributed by atoms with Gasteiger partial charge in [-0.25, -0.2) is 14.4 Å².